The summed E-state index contributed by atoms with van der Waals surface area (Å²) >= 11 is 0. The molecule has 2 aliphatic heterocycles. The van der Waals surface area contributed by atoms with Crippen molar-refractivity contribution >= 4 is 43.1 Å². The van der Waals surface area contributed by atoms with Crippen molar-refractivity contribution in [3.63, 3.8) is 0 Å². The van der Waals surface area contributed by atoms with Crippen LogP contribution in [-0.4, -0.2) is 128 Å². The highest BCUT2D eigenvalue weighted by atomic mass is 32.3. The second kappa shape index (κ2) is 12.6. The van der Waals surface area contributed by atoms with E-state index in [1.54, 1.807) is 0 Å². The van der Waals surface area contributed by atoms with Gasteiger partial charge in [0.05, 0.1) is 13.2 Å². The maximum Gasteiger partial charge on any atom is 0.397 e. The summed E-state index contributed by atoms with van der Waals surface area (Å²) in [6.07, 6.45) is -13.9. The minimum Gasteiger partial charge on any atom is -0.478 e. The molecule has 226 valence electrons. The zero-order valence-corrected chi connectivity index (χ0v) is 21.7. The molecule has 0 radical (unpaired) electrons. The van der Waals surface area contributed by atoms with Gasteiger partial charge in [0.25, 0.3) is 0 Å². The van der Waals surface area contributed by atoms with E-state index in [0.29, 0.717) is 6.08 Å². The Morgan fingerprint density at radius 3 is 1.95 bits per heavy atom. The first-order valence-corrected chi connectivity index (χ1v) is 14.2. The Morgan fingerprint density at radius 1 is 0.897 bits per heavy atom. The Hall–Kier alpha value is -2.07. The normalized spacial score (nSPS) is 32.1. The molecule has 2 aliphatic rings. The van der Waals surface area contributed by atoms with E-state index in [-0.39, 0.29) is 0 Å². The van der Waals surface area contributed by atoms with Crippen molar-refractivity contribution in [1.29, 1.82) is 0 Å². The zero-order chi connectivity index (χ0) is 29.9. The number of nitrogens with one attached hydrogen (secondary N) is 1. The summed E-state index contributed by atoms with van der Waals surface area (Å²) in [5, 5.41) is 31.8. The number of carbonyl (C=O) groups is 2. The number of amides is 1. The third kappa shape index (κ3) is 10.4. The van der Waals surface area contributed by atoms with E-state index in [1.807, 2.05) is 0 Å². The lowest BCUT2D eigenvalue weighted by Crippen LogP contribution is -2.66. The Morgan fingerprint density at radius 2 is 1.46 bits per heavy atom. The third-order valence-electron chi connectivity index (χ3n) is 4.85. The summed E-state index contributed by atoms with van der Waals surface area (Å²) in [6.45, 7) is -1.41. The van der Waals surface area contributed by atoms with Crippen LogP contribution in [0, 0.1) is 0 Å². The Labute approximate surface area is 220 Å². The predicted octanol–water partition coefficient (Wildman–Crippen LogP) is -4.48. The topological polar surface area (TPSA) is 325 Å². The Balaban J connectivity index is 2.47. The van der Waals surface area contributed by atoms with Crippen LogP contribution in [-0.2, 0) is 67.5 Å². The van der Waals surface area contributed by atoms with Gasteiger partial charge in [0, 0.05) is 6.92 Å². The molecule has 2 heterocycles. The van der Waals surface area contributed by atoms with E-state index in [9.17, 15) is 49.6 Å². The number of ether oxygens (including phenoxy) is 3. The second-order valence-electron chi connectivity index (χ2n) is 7.76. The maximum absolute atomic E-state index is 11.7. The predicted molar refractivity (Wildman–Crippen MR) is 115 cm³/mol. The van der Waals surface area contributed by atoms with Crippen molar-refractivity contribution in [3.8, 4) is 0 Å². The van der Waals surface area contributed by atoms with Gasteiger partial charge in [0.2, 0.25) is 11.7 Å². The van der Waals surface area contributed by atoms with E-state index in [4.69, 9.17) is 28.4 Å². The lowest BCUT2D eigenvalue weighted by molar-refractivity contribution is -0.260. The van der Waals surface area contributed by atoms with Crippen molar-refractivity contribution in [3.05, 3.63) is 11.8 Å². The molecule has 0 bridgehead atoms. The van der Waals surface area contributed by atoms with Crippen LogP contribution in [0.1, 0.15) is 6.92 Å². The molecule has 1 saturated heterocycles. The fraction of sp³-hybridized carbons (Fsp3) is 0.733. The summed E-state index contributed by atoms with van der Waals surface area (Å²) in [4.78, 5) is 23.0. The van der Waals surface area contributed by atoms with Gasteiger partial charge in [-0.1, -0.05) is 0 Å². The molecule has 8 atom stereocenters. The molecule has 2 rings (SSSR count). The molecular formula is C15H23NO20S3. The average molecular weight is 634 g/mol. The van der Waals surface area contributed by atoms with Gasteiger partial charge < -0.3 is 34.8 Å². The van der Waals surface area contributed by atoms with Gasteiger partial charge in [-0.05, 0) is 6.08 Å². The van der Waals surface area contributed by atoms with E-state index in [0.717, 1.165) is 6.92 Å². The van der Waals surface area contributed by atoms with Crippen LogP contribution in [0.25, 0.3) is 0 Å². The molecule has 39 heavy (non-hydrogen) atoms. The van der Waals surface area contributed by atoms with E-state index in [1.165, 1.54) is 0 Å². The summed E-state index contributed by atoms with van der Waals surface area (Å²) in [5.74, 6) is -3.58. The quantitative estimate of drug-likeness (QED) is 0.0995. The number of aliphatic hydroxyl groups excluding tert-OH is 2. The molecule has 21 nitrogen and oxygen atoms in total. The highest BCUT2D eigenvalue weighted by Crippen LogP contribution is 2.29. The molecule has 0 aliphatic carbocycles. The van der Waals surface area contributed by atoms with Crippen molar-refractivity contribution in [2.45, 2.75) is 55.9 Å². The fourth-order valence-corrected chi connectivity index (χ4v) is 4.84. The highest BCUT2D eigenvalue weighted by Gasteiger charge is 2.51. The van der Waals surface area contributed by atoms with E-state index >= 15 is 0 Å². The lowest BCUT2D eigenvalue weighted by Gasteiger charge is -2.44. The molecule has 24 heteroatoms. The first-order chi connectivity index (χ1) is 17.7. The molecule has 0 unspecified atom stereocenters. The van der Waals surface area contributed by atoms with Crippen LogP contribution < -0.4 is 5.32 Å². The summed E-state index contributed by atoms with van der Waals surface area (Å²) in [7, 11) is -15.9. The van der Waals surface area contributed by atoms with Crippen molar-refractivity contribution in [2.24, 2.45) is 0 Å². The van der Waals surface area contributed by atoms with Crippen LogP contribution in [0.3, 0.4) is 0 Å². The molecule has 0 aromatic carbocycles. The van der Waals surface area contributed by atoms with Gasteiger partial charge in [0.15, 0.2) is 12.4 Å². The van der Waals surface area contributed by atoms with E-state index < -0.39 is 111 Å². The number of carboxylic acid groups (broad SMARTS) is 1. The number of carbonyl (C=O) groups excluding carboxylic acids is 1. The van der Waals surface area contributed by atoms with Crippen molar-refractivity contribution in [2.75, 3.05) is 13.2 Å². The van der Waals surface area contributed by atoms with Gasteiger partial charge in [-0.25, -0.2) is 17.3 Å². The largest absolute Gasteiger partial charge is 0.478 e. The number of hydrogen-bond donors (Lipinski definition) is 7. The molecule has 0 aromatic rings. The third-order valence-corrected chi connectivity index (χ3v) is 6.21. The molecule has 0 spiro atoms. The first-order valence-electron chi connectivity index (χ1n) is 10.1. The van der Waals surface area contributed by atoms with Crippen molar-refractivity contribution in [1.82, 2.24) is 5.32 Å². The van der Waals surface area contributed by atoms with Gasteiger partial charge in [-0.15, -0.1) is 0 Å². The maximum atomic E-state index is 11.7. The SMILES string of the molecule is CC(=O)N[C@@H]1[C@@H](OC[C@@H]2OC(C(=O)O)=C[C@H](O)[C@H]2OS(=O)(=O)O)[C@@H](OS(=O)(=O)O)[C@@H](COS(=O)(=O)O)O[C@H]1O. The molecule has 0 saturated carbocycles. The second-order valence-corrected chi connectivity index (χ2v) is 10.9. The number of hydrogen-bond acceptors (Lipinski definition) is 16. The number of carboxylic acids is 1. The van der Waals surface area contributed by atoms with Crippen molar-refractivity contribution < 1.29 is 90.6 Å². The monoisotopic (exact) mass is 633 g/mol. The number of rotatable bonds is 12. The fourth-order valence-electron chi connectivity index (χ4n) is 3.51. The van der Waals surface area contributed by atoms with Crippen LogP contribution in [0.4, 0.5) is 0 Å². The van der Waals surface area contributed by atoms with Gasteiger partial charge >= 0.3 is 37.2 Å². The number of aliphatic hydroxyl groups is 2. The lowest BCUT2D eigenvalue weighted by atomic mass is 9.96. The molecule has 1 fully saturated rings. The Kier molecular flexibility index (Phi) is 10.7. The summed E-state index contributed by atoms with van der Waals surface area (Å²) < 4.78 is 123. The number of aliphatic carboxylic acids is 1. The summed E-state index contributed by atoms with van der Waals surface area (Å²) in [5.41, 5.74) is 0. The highest BCUT2D eigenvalue weighted by molar-refractivity contribution is 7.81. The van der Waals surface area contributed by atoms with Crippen LogP contribution in [0.2, 0.25) is 0 Å². The molecule has 0 aromatic heterocycles. The zero-order valence-electron chi connectivity index (χ0n) is 19.2. The van der Waals surface area contributed by atoms with Crippen LogP contribution >= 0.6 is 0 Å². The van der Waals surface area contributed by atoms with Crippen LogP contribution in [0.15, 0.2) is 11.8 Å². The van der Waals surface area contributed by atoms with Crippen LogP contribution in [0.5, 0.6) is 0 Å². The smallest absolute Gasteiger partial charge is 0.397 e. The standard InChI is InChI=1S/C15H23NO20S3/c1-5(17)16-10-13(12(36-39(28,29)30)9(34-15(10)21)4-32-37(22,23)24)31-3-8-11(35-38(25,26)27)6(18)2-7(33-8)14(19)20/h2,6,8-13,15,18,21H,3-4H2,1H3,(H,16,17)(H,19,20)(H,22,23,24)(H,25,26,27)(H,28,29,30)/t6-,8-,9+,10+,11+,12-,13+,15+/m0/s1. The molecular weight excluding hydrogens is 610 g/mol. The average Bonchev–Trinajstić information content (AvgIpc) is 2.73. The molecule has 1 amide bonds. The first kappa shape index (κ1) is 33.1. The van der Waals surface area contributed by atoms with Gasteiger partial charge in [-0.2, -0.15) is 25.3 Å². The minimum atomic E-state index is -5.44. The van der Waals surface area contributed by atoms with Gasteiger partial charge in [-0.3, -0.25) is 18.5 Å². The van der Waals surface area contributed by atoms with E-state index in [2.05, 4.69) is 17.9 Å². The minimum absolute atomic E-state index is 0.514. The summed E-state index contributed by atoms with van der Waals surface area (Å²) in [6, 6.07) is -1.79. The molecule has 7 N–H and O–H groups in total. The Bertz CT molecular complexity index is 1260. The van der Waals surface area contributed by atoms with Gasteiger partial charge in [0.1, 0.15) is 36.6 Å².